The maximum Gasteiger partial charge on any atom is 0.119 e. The lowest BCUT2D eigenvalue weighted by Crippen LogP contribution is -1.93. The molecule has 0 aliphatic rings. The Morgan fingerprint density at radius 2 is 1.94 bits per heavy atom. The first-order chi connectivity index (χ1) is 8.20. The number of aryl methyl sites for hydroxylation is 1. The molecule has 17 heavy (non-hydrogen) atoms. The molecule has 1 aromatic heterocycles. The van der Waals surface area contributed by atoms with E-state index in [2.05, 4.69) is 28.1 Å². The van der Waals surface area contributed by atoms with Gasteiger partial charge in [0.2, 0.25) is 0 Å². The van der Waals surface area contributed by atoms with Crippen molar-refractivity contribution in [2.75, 3.05) is 6.61 Å². The number of hydrogen-bond donors (Lipinski definition) is 0. The summed E-state index contributed by atoms with van der Waals surface area (Å²) in [6.07, 6.45) is 1.78. The van der Waals surface area contributed by atoms with E-state index in [1.54, 1.807) is 6.26 Å². The van der Waals surface area contributed by atoms with Crippen molar-refractivity contribution in [2.45, 2.75) is 18.7 Å². The summed E-state index contributed by atoms with van der Waals surface area (Å²) >= 11 is 3.67. The summed E-state index contributed by atoms with van der Waals surface area (Å²) in [6, 6.07) is 10.1. The van der Waals surface area contributed by atoms with Gasteiger partial charge in [0.15, 0.2) is 0 Å². The minimum Gasteiger partial charge on any atom is -0.494 e. The van der Waals surface area contributed by atoms with Gasteiger partial charge in [-0.15, -0.1) is 0 Å². The van der Waals surface area contributed by atoms with E-state index in [-0.39, 0.29) is 4.83 Å². The average Bonchev–Trinajstić information content (AvgIpc) is 2.76. The molecule has 0 spiro atoms. The van der Waals surface area contributed by atoms with Crippen LogP contribution in [0.15, 0.2) is 41.0 Å². The summed E-state index contributed by atoms with van der Waals surface area (Å²) in [5, 5.41) is 0. The molecule has 0 amide bonds. The number of benzene rings is 1. The molecule has 0 saturated heterocycles. The SMILES string of the molecule is CCOc1ccc(C(Br)c2coc(C)c2)cc1. The van der Waals surface area contributed by atoms with Crippen molar-refractivity contribution >= 4 is 15.9 Å². The first-order valence-electron chi connectivity index (χ1n) is 5.62. The highest BCUT2D eigenvalue weighted by atomic mass is 79.9. The number of furan rings is 1. The second kappa shape index (κ2) is 5.41. The van der Waals surface area contributed by atoms with Gasteiger partial charge in [0.25, 0.3) is 0 Å². The Hall–Kier alpha value is -1.22. The molecule has 1 unspecified atom stereocenters. The highest BCUT2D eigenvalue weighted by Gasteiger charge is 2.12. The predicted molar refractivity (Wildman–Crippen MR) is 71.8 cm³/mol. The molecule has 2 rings (SSSR count). The first-order valence-corrected chi connectivity index (χ1v) is 6.54. The zero-order chi connectivity index (χ0) is 12.3. The van der Waals surface area contributed by atoms with E-state index in [1.807, 2.05) is 32.0 Å². The maximum absolute atomic E-state index is 5.42. The second-order valence-electron chi connectivity index (χ2n) is 3.86. The average molecular weight is 295 g/mol. The van der Waals surface area contributed by atoms with E-state index in [9.17, 15) is 0 Å². The minimum absolute atomic E-state index is 0.163. The molecule has 1 heterocycles. The van der Waals surface area contributed by atoms with Crippen LogP contribution in [0.4, 0.5) is 0 Å². The molecular weight excluding hydrogens is 280 g/mol. The van der Waals surface area contributed by atoms with Crippen LogP contribution in [0.3, 0.4) is 0 Å². The van der Waals surface area contributed by atoms with Crippen LogP contribution in [-0.4, -0.2) is 6.61 Å². The first kappa shape index (κ1) is 12.2. The van der Waals surface area contributed by atoms with Crippen LogP contribution in [0.25, 0.3) is 0 Å². The quantitative estimate of drug-likeness (QED) is 0.776. The molecular formula is C14H15BrO2. The number of halogens is 1. The molecule has 1 aromatic carbocycles. The van der Waals surface area contributed by atoms with Crippen molar-refractivity contribution < 1.29 is 9.15 Å². The normalized spacial score (nSPS) is 12.4. The van der Waals surface area contributed by atoms with Gasteiger partial charge in [0.05, 0.1) is 17.7 Å². The Labute approximate surface area is 110 Å². The molecule has 0 aliphatic heterocycles. The maximum atomic E-state index is 5.42. The lowest BCUT2D eigenvalue weighted by atomic mass is 10.1. The zero-order valence-electron chi connectivity index (χ0n) is 9.94. The molecule has 0 radical (unpaired) electrons. The Bertz CT molecular complexity index is 473. The van der Waals surface area contributed by atoms with Gasteiger partial charge in [0, 0.05) is 5.56 Å². The topological polar surface area (TPSA) is 22.4 Å². The lowest BCUT2D eigenvalue weighted by Gasteiger charge is -2.09. The smallest absolute Gasteiger partial charge is 0.119 e. The number of hydrogen-bond acceptors (Lipinski definition) is 2. The monoisotopic (exact) mass is 294 g/mol. The highest BCUT2D eigenvalue weighted by Crippen LogP contribution is 2.32. The van der Waals surface area contributed by atoms with Crippen LogP contribution >= 0.6 is 15.9 Å². The Morgan fingerprint density at radius 1 is 1.24 bits per heavy atom. The van der Waals surface area contributed by atoms with Gasteiger partial charge in [-0.25, -0.2) is 0 Å². The van der Waals surface area contributed by atoms with Crippen LogP contribution in [0.1, 0.15) is 28.6 Å². The Kier molecular flexibility index (Phi) is 3.89. The van der Waals surface area contributed by atoms with Crippen LogP contribution in [0.5, 0.6) is 5.75 Å². The summed E-state index contributed by atoms with van der Waals surface area (Å²) in [5.74, 6) is 1.83. The molecule has 0 bridgehead atoms. The van der Waals surface area contributed by atoms with Gasteiger partial charge in [-0.3, -0.25) is 0 Å². The van der Waals surface area contributed by atoms with Crippen molar-refractivity contribution in [2.24, 2.45) is 0 Å². The van der Waals surface area contributed by atoms with Crippen molar-refractivity contribution in [1.29, 1.82) is 0 Å². The van der Waals surface area contributed by atoms with Crippen molar-refractivity contribution in [3.63, 3.8) is 0 Å². The second-order valence-corrected chi connectivity index (χ2v) is 4.77. The Morgan fingerprint density at radius 3 is 2.47 bits per heavy atom. The van der Waals surface area contributed by atoms with Crippen LogP contribution < -0.4 is 4.74 Å². The van der Waals surface area contributed by atoms with Crippen molar-refractivity contribution in [3.05, 3.63) is 53.5 Å². The number of rotatable bonds is 4. The highest BCUT2D eigenvalue weighted by molar-refractivity contribution is 9.09. The third-order valence-electron chi connectivity index (χ3n) is 2.53. The molecule has 0 fully saturated rings. The van der Waals surface area contributed by atoms with Gasteiger partial charge in [-0.2, -0.15) is 0 Å². The number of alkyl halides is 1. The molecule has 0 N–H and O–H groups in total. The molecule has 0 aliphatic carbocycles. The summed E-state index contributed by atoms with van der Waals surface area (Å²) in [5.41, 5.74) is 2.32. The van der Waals surface area contributed by atoms with E-state index in [1.165, 1.54) is 5.56 Å². The van der Waals surface area contributed by atoms with E-state index < -0.39 is 0 Å². The Balaban J connectivity index is 2.16. The fourth-order valence-electron chi connectivity index (χ4n) is 1.69. The summed E-state index contributed by atoms with van der Waals surface area (Å²) in [7, 11) is 0. The molecule has 2 aromatic rings. The van der Waals surface area contributed by atoms with Crippen LogP contribution in [0.2, 0.25) is 0 Å². The molecule has 0 saturated carbocycles. The van der Waals surface area contributed by atoms with Crippen molar-refractivity contribution in [3.8, 4) is 5.75 Å². The fraction of sp³-hybridized carbons (Fsp3) is 0.286. The fourth-order valence-corrected chi connectivity index (χ4v) is 2.23. The predicted octanol–water partition coefficient (Wildman–Crippen LogP) is 4.47. The summed E-state index contributed by atoms with van der Waals surface area (Å²) in [6.45, 7) is 4.62. The van der Waals surface area contributed by atoms with Gasteiger partial charge < -0.3 is 9.15 Å². The summed E-state index contributed by atoms with van der Waals surface area (Å²) in [4.78, 5) is 0.163. The largest absolute Gasteiger partial charge is 0.494 e. The van der Waals surface area contributed by atoms with E-state index in [4.69, 9.17) is 9.15 Å². The third kappa shape index (κ3) is 2.91. The molecule has 1 atom stereocenters. The van der Waals surface area contributed by atoms with Gasteiger partial charge in [0.1, 0.15) is 11.5 Å². The van der Waals surface area contributed by atoms with E-state index in [0.717, 1.165) is 17.1 Å². The van der Waals surface area contributed by atoms with Gasteiger partial charge in [-0.05, 0) is 37.6 Å². The summed E-state index contributed by atoms with van der Waals surface area (Å²) < 4.78 is 10.7. The van der Waals surface area contributed by atoms with Crippen LogP contribution in [-0.2, 0) is 0 Å². The molecule has 90 valence electrons. The van der Waals surface area contributed by atoms with E-state index in [0.29, 0.717) is 6.61 Å². The van der Waals surface area contributed by atoms with Crippen LogP contribution in [0, 0.1) is 6.92 Å². The minimum atomic E-state index is 0.163. The third-order valence-corrected chi connectivity index (χ3v) is 3.58. The van der Waals surface area contributed by atoms with Crippen molar-refractivity contribution in [1.82, 2.24) is 0 Å². The number of ether oxygens (including phenoxy) is 1. The zero-order valence-corrected chi connectivity index (χ0v) is 11.5. The molecule has 3 heteroatoms. The molecule has 2 nitrogen and oxygen atoms in total. The van der Waals surface area contributed by atoms with Gasteiger partial charge in [-0.1, -0.05) is 28.1 Å². The lowest BCUT2D eigenvalue weighted by molar-refractivity contribution is 0.340. The van der Waals surface area contributed by atoms with Gasteiger partial charge >= 0.3 is 0 Å². The van der Waals surface area contributed by atoms with E-state index >= 15 is 0 Å². The standard InChI is InChI=1S/C14H15BrO2/c1-3-16-13-6-4-11(5-7-13)14(15)12-8-10(2)17-9-12/h4-9,14H,3H2,1-2H3.